The van der Waals surface area contributed by atoms with Gasteiger partial charge in [-0.3, -0.25) is 4.79 Å². The minimum Gasteiger partial charge on any atom is -0.390 e. The van der Waals surface area contributed by atoms with E-state index in [0.717, 1.165) is 19.3 Å². The van der Waals surface area contributed by atoms with E-state index < -0.39 is 23.2 Å². The summed E-state index contributed by atoms with van der Waals surface area (Å²) in [5, 5.41) is 21.7. The van der Waals surface area contributed by atoms with Crippen LogP contribution in [0.4, 0.5) is 0 Å². The quantitative estimate of drug-likeness (QED) is 0.721. The second kappa shape index (κ2) is 3.94. The number of Topliss-reactive ketones (excluding diaryl/α,β-unsaturated/α-hetero) is 1. The van der Waals surface area contributed by atoms with Gasteiger partial charge >= 0.3 is 0 Å². The average Bonchev–Trinajstić information content (AvgIpc) is 3.05. The molecule has 10 atom stereocenters. The lowest BCUT2D eigenvalue weighted by Gasteiger charge is -2.46. The number of epoxide rings is 1. The van der Waals surface area contributed by atoms with Crippen LogP contribution in [-0.2, 0) is 9.53 Å². The van der Waals surface area contributed by atoms with Crippen molar-refractivity contribution in [1.82, 2.24) is 0 Å². The first-order chi connectivity index (χ1) is 11.1. The molecule has 10 unspecified atom stereocenters. The van der Waals surface area contributed by atoms with Crippen LogP contribution in [0.5, 0.6) is 0 Å². The van der Waals surface area contributed by atoms with Crippen molar-refractivity contribution < 1.29 is 19.7 Å². The second-order valence-corrected chi connectivity index (χ2v) is 10.1. The smallest absolute Gasteiger partial charge is 0.171 e. The fourth-order valence-electron chi connectivity index (χ4n) is 8.67. The SMILES string of the molecule is CC(C)C1CCC23CC4C(C)C(O)C5OC45C2(C)C(=O)C(O)C13C. The van der Waals surface area contributed by atoms with E-state index in [4.69, 9.17) is 4.74 Å². The highest BCUT2D eigenvalue weighted by molar-refractivity contribution is 5.96. The molecular weight excluding hydrogens is 304 g/mol. The highest BCUT2D eigenvalue weighted by atomic mass is 16.6. The summed E-state index contributed by atoms with van der Waals surface area (Å²) >= 11 is 0. The first kappa shape index (κ1) is 15.8. The molecule has 0 radical (unpaired) electrons. The molecule has 2 N–H and O–H groups in total. The van der Waals surface area contributed by atoms with Crippen LogP contribution < -0.4 is 0 Å². The fourth-order valence-corrected chi connectivity index (χ4v) is 8.67. The Balaban J connectivity index is 1.73. The van der Waals surface area contributed by atoms with Crippen LogP contribution >= 0.6 is 0 Å². The molecule has 0 aromatic carbocycles. The van der Waals surface area contributed by atoms with Crippen LogP contribution in [0.3, 0.4) is 0 Å². The van der Waals surface area contributed by atoms with Gasteiger partial charge in [-0.15, -0.1) is 0 Å². The molecular formula is C20H30O4. The van der Waals surface area contributed by atoms with Crippen LogP contribution in [0, 0.1) is 39.9 Å². The van der Waals surface area contributed by atoms with E-state index >= 15 is 0 Å². The molecule has 0 amide bonds. The molecule has 1 aliphatic heterocycles. The molecule has 0 aromatic rings. The molecule has 2 spiro atoms. The van der Waals surface area contributed by atoms with Gasteiger partial charge in [0.15, 0.2) is 5.78 Å². The molecule has 4 aliphatic carbocycles. The lowest BCUT2D eigenvalue weighted by atomic mass is 9.55. The third kappa shape index (κ3) is 1.11. The predicted octanol–water partition coefficient (Wildman–Crippen LogP) is 2.16. The molecule has 5 fully saturated rings. The van der Waals surface area contributed by atoms with Crippen LogP contribution in [0.1, 0.15) is 53.9 Å². The largest absolute Gasteiger partial charge is 0.390 e. The van der Waals surface area contributed by atoms with Gasteiger partial charge in [-0.25, -0.2) is 0 Å². The zero-order chi connectivity index (χ0) is 17.4. The summed E-state index contributed by atoms with van der Waals surface area (Å²) in [5.41, 5.74) is -1.72. The van der Waals surface area contributed by atoms with Crippen molar-refractivity contribution in [1.29, 1.82) is 0 Å². The van der Waals surface area contributed by atoms with Gasteiger partial charge < -0.3 is 14.9 Å². The molecule has 5 rings (SSSR count). The Hall–Kier alpha value is -0.450. The maximum atomic E-state index is 13.5. The van der Waals surface area contributed by atoms with E-state index in [2.05, 4.69) is 34.6 Å². The Bertz CT molecular complexity index is 646. The molecule has 4 heteroatoms. The van der Waals surface area contributed by atoms with Crippen LogP contribution in [0.15, 0.2) is 0 Å². The Morgan fingerprint density at radius 1 is 1.25 bits per heavy atom. The Morgan fingerprint density at radius 3 is 2.54 bits per heavy atom. The molecule has 5 aliphatic rings. The summed E-state index contributed by atoms with van der Waals surface area (Å²) in [6.07, 6.45) is 1.43. The van der Waals surface area contributed by atoms with Gasteiger partial charge in [0, 0.05) is 5.41 Å². The summed E-state index contributed by atoms with van der Waals surface area (Å²) in [7, 11) is 0. The van der Waals surface area contributed by atoms with Crippen molar-refractivity contribution in [3.8, 4) is 0 Å². The van der Waals surface area contributed by atoms with Gasteiger partial charge in [-0.05, 0) is 55.3 Å². The minimum atomic E-state index is -0.898. The average molecular weight is 334 g/mol. The fraction of sp³-hybridized carbons (Fsp3) is 0.950. The van der Waals surface area contributed by atoms with E-state index in [9.17, 15) is 15.0 Å². The van der Waals surface area contributed by atoms with Crippen LogP contribution in [-0.4, -0.2) is 39.9 Å². The summed E-state index contributed by atoms with van der Waals surface area (Å²) in [6.45, 7) is 10.8. The number of aliphatic hydroxyl groups excluding tert-OH is 2. The molecule has 1 heterocycles. The third-order valence-corrected chi connectivity index (χ3v) is 9.83. The third-order valence-electron chi connectivity index (χ3n) is 9.83. The summed E-state index contributed by atoms with van der Waals surface area (Å²) in [4.78, 5) is 13.5. The van der Waals surface area contributed by atoms with Crippen LogP contribution in [0.2, 0.25) is 0 Å². The number of aliphatic hydroxyl groups is 2. The zero-order valence-electron chi connectivity index (χ0n) is 15.4. The highest BCUT2D eigenvalue weighted by Gasteiger charge is 2.94. The summed E-state index contributed by atoms with van der Waals surface area (Å²) in [6, 6.07) is 0. The zero-order valence-corrected chi connectivity index (χ0v) is 15.4. The van der Waals surface area contributed by atoms with Crippen LogP contribution in [0.25, 0.3) is 0 Å². The number of ketones is 1. The molecule has 1 saturated heterocycles. The number of hydrogen-bond donors (Lipinski definition) is 2. The Labute approximate surface area is 144 Å². The molecule has 24 heavy (non-hydrogen) atoms. The van der Waals surface area contributed by atoms with E-state index in [-0.39, 0.29) is 34.6 Å². The number of ether oxygens (including phenoxy) is 1. The predicted molar refractivity (Wildman–Crippen MR) is 88.1 cm³/mol. The molecule has 0 aromatic heterocycles. The second-order valence-electron chi connectivity index (χ2n) is 10.1. The monoisotopic (exact) mass is 334 g/mol. The Morgan fingerprint density at radius 2 is 1.92 bits per heavy atom. The van der Waals surface area contributed by atoms with E-state index in [1.165, 1.54) is 0 Å². The van der Waals surface area contributed by atoms with Gasteiger partial charge in [0.25, 0.3) is 0 Å². The molecule has 134 valence electrons. The lowest BCUT2D eigenvalue weighted by Crippen LogP contribution is -2.48. The lowest BCUT2D eigenvalue weighted by molar-refractivity contribution is -0.138. The van der Waals surface area contributed by atoms with Gasteiger partial charge in [0.1, 0.15) is 17.8 Å². The maximum Gasteiger partial charge on any atom is 0.171 e. The van der Waals surface area contributed by atoms with Crippen molar-refractivity contribution in [3.05, 3.63) is 0 Å². The molecule has 0 bridgehead atoms. The van der Waals surface area contributed by atoms with Crippen molar-refractivity contribution in [3.63, 3.8) is 0 Å². The molecule has 4 nitrogen and oxygen atoms in total. The topological polar surface area (TPSA) is 70.1 Å². The number of rotatable bonds is 1. The van der Waals surface area contributed by atoms with E-state index in [0.29, 0.717) is 11.8 Å². The maximum absolute atomic E-state index is 13.5. The first-order valence-electron chi connectivity index (χ1n) is 9.69. The van der Waals surface area contributed by atoms with Gasteiger partial charge in [0.05, 0.1) is 11.5 Å². The number of carbonyl (C=O) groups excluding carboxylic acids is 1. The minimum absolute atomic E-state index is 0.0124. The first-order valence-corrected chi connectivity index (χ1v) is 9.69. The van der Waals surface area contributed by atoms with E-state index in [1.807, 2.05) is 0 Å². The van der Waals surface area contributed by atoms with Gasteiger partial charge in [-0.2, -0.15) is 0 Å². The van der Waals surface area contributed by atoms with Gasteiger partial charge in [0.2, 0.25) is 0 Å². The Kier molecular flexibility index (Phi) is 2.59. The number of carbonyl (C=O) groups is 1. The number of hydrogen-bond acceptors (Lipinski definition) is 4. The van der Waals surface area contributed by atoms with Crippen molar-refractivity contribution in [2.45, 2.75) is 77.8 Å². The summed E-state index contributed by atoms with van der Waals surface area (Å²) in [5.74, 6) is 1.22. The van der Waals surface area contributed by atoms with Crippen molar-refractivity contribution in [2.75, 3.05) is 0 Å². The summed E-state index contributed by atoms with van der Waals surface area (Å²) < 4.78 is 6.14. The van der Waals surface area contributed by atoms with Gasteiger partial charge in [-0.1, -0.05) is 27.7 Å². The van der Waals surface area contributed by atoms with E-state index in [1.54, 1.807) is 0 Å². The highest BCUT2D eigenvalue weighted by Crippen LogP contribution is 2.86. The van der Waals surface area contributed by atoms with Crippen molar-refractivity contribution in [2.24, 2.45) is 39.9 Å². The standard InChI is InChI=1S/C20H30O4/c1-9(2)11-6-7-19-8-12-10(3)13(21)16-20(12,24-16)18(19,5)15(23)14(22)17(11,19)4/h9-14,16,21-22H,6-8H2,1-5H3. The molecule has 4 saturated carbocycles. The normalized spacial score (nSPS) is 66.6. The van der Waals surface area contributed by atoms with Crippen molar-refractivity contribution >= 4 is 5.78 Å².